The monoisotopic (exact) mass is 382 g/mol. The van der Waals surface area contributed by atoms with E-state index in [9.17, 15) is 9.59 Å². The maximum absolute atomic E-state index is 12.0. The smallest absolute Gasteiger partial charge is 0.344 e. The summed E-state index contributed by atoms with van der Waals surface area (Å²) in [5.41, 5.74) is 0.692. The van der Waals surface area contributed by atoms with E-state index in [0.717, 1.165) is 25.0 Å². The van der Waals surface area contributed by atoms with Gasteiger partial charge in [0.2, 0.25) is 5.91 Å². The number of hydrogen-bond acceptors (Lipinski definition) is 5. The molecule has 0 bridgehead atoms. The van der Waals surface area contributed by atoms with Gasteiger partial charge in [0.05, 0.1) is 18.4 Å². The number of aromatic nitrogens is 3. The van der Waals surface area contributed by atoms with Crippen LogP contribution in [-0.2, 0) is 22.6 Å². The van der Waals surface area contributed by atoms with Crippen molar-refractivity contribution in [3.8, 4) is 0 Å². The van der Waals surface area contributed by atoms with Gasteiger partial charge in [-0.1, -0.05) is 35.5 Å². The lowest BCUT2D eigenvalue weighted by Gasteiger charge is -2.11. The second-order valence-electron chi connectivity index (χ2n) is 5.75. The SMILES string of the molecule is O=C(CSc1n[nH]c(=O)n1C[C@@H]1CCCO1)NCc1ccc(Cl)cc1. The number of rotatable bonds is 7. The highest BCUT2D eigenvalue weighted by atomic mass is 35.5. The van der Waals surface area contributed by atoms with Gasteiger partial charge in [-0.2, -0.15) is 0 Å². The molecule has 1 aliphatic heterocycles. The first-order valence-electron chi connectivity index (χ1n) is 8.02. The standard InChI is InChI=1S/C16H19ClN4O3S/c17-12-5-3-11(4-6-12)8-18-14(22)10-25-16-20-19-15(23)21(16)9-13-2-1-7-24-13/h3-6,13H,1-2,7-10H2,(H,18,22)(H,19,23)/t13-/m0/s1. The highest BCUT2D eigenvalue weighted by Crippen LogP contribution is 2.18. The maximum atomic E-state index is 12.0. The molecule has 0 aliphatic carbocycles. The Hall–Kier alpha value is -1.77. The summed E-state index contributed by atoms with van der Waals surface area (Å²) in [7, 11) is 0. The zero-order chi connectivity index (χ0) is 17.6. The van der Waals surface area contributed by atoms with Gasteiger partial charge in [0.1, 0.15) is 0 Å². The summed E-state index contributed by atoms with van der Waals surface area (Å²) >= 11 is 7.06. The van der Waals surface area contributed by atoms with Gasteiger partial charge in [-0.3, -0.25) is 9.36 Å². The van der Waals surface area contributed by atoms with Crippen molar-refractivity contribution in [2.45, 2.75) is 37.2 Å². The van der Waals surface area contributed by atoms with E-state index in [1.807, 2.05) is 12.1 Å². The van der Waals surface area contributed by atoms with Gasteiger partial charge in [0.25, 0.3) is 0 Å². The molecule has 7 nitrogen and oxygen atoms in total. The van der Waals surface area contributed by atoms with Gasteiger partial charge >= 0.3 is 5.69 Å². The Morgan fingerprint density at radius 3 is 2.96 bits per heavy atom. The van der Waals surface area contributed by atoms with E-state index in [1.54, 1.807) is 12.1 Å². The number of ether oxygens (including phenoxy) is 1. The van der Waals surface area contributed by atoms with E-state index in [4.69, 9.17) is 16.3 Å². The molecule has 0 radical (unpaired) electrons. The summed E-state index contributed by atoms with van der Waals surface area (Å²) in [6.07, 6.45) is 1.98. The molecule has 0 saturated carbocycles. The third kappa shape index (κ3) is 5.10. The van der Waals surface area contributed by atoms with E-state index in [2.05, 4.69) is 15.5 Å². The number of aromatic amines is 1. The first-order chi connectivity index (χ1) is 12.1. The Balaban J connectivity index is 1.50. The van der Waals surface area contributed by atoms with Gasteiger partial charge in [-0.05, 0) is 30.5 Å². The van der Waals surface area contributed by atoms with Gasteiger partial charge in [0, 0.05) is 18.2 Å². The van der Waals surface area contributed by atoms with Crippen LogP contribution in [0, 0.1) is 0 Å². The molecule has 1 fully saturated rings. The molecule has 1 saturated heterocycles. The van der Waals surface area contributed by atoms with Crippen molar-refractivity contribution < 1.29 is 9.53 Å². The Morgan fingerprint density at radius 1 is 1.44 bits per heavy atom. The van der Waals surface area contributed by atoms with Gasteiger partial charge < -0.3 is 10.1 Å². The lowest BCUT2D eigenvalue weighted by molar-refractivity contribution is -0.118. The quantitative estimate of drug-likeness (QED) is 0.713. The molecule has 1 aliphatic rings. The summed E-state index contributed by atoms with van der Waals surface area (Å²) in [6.45, 7) is 1.62. The molecule has 2 N–H and O–H groups in total. The number of benzene rings is 1. The summed E-state index contributed by atoms with van der Waals surface area (Å²) in [6, 6.07) is 7.29. The predicted molar refractivity (Wildman–Crippen MR) is 95.8 cm³/mol. The first kappa shape index (κ1) is 18.0. The van der Waals surface area contributed by atoms with Crippen LogP contribution in [0.4, 0.5) is 0 Å². The van der Waals surface area contributed by atoms with Crippen molar-refractivity contribution >= 4 is 29.3 Å². The van der Waals surface area contributed by atoms with Crippen molar-refractivity contribution in [3.63, 3.8) is 0 Å². The number of nitrogens with zero attached hydrogens (tertiary/aromatic N) is 2. The summed E-state index contributed by atoms with van der Waals surface area (Å²) in [4.78, 5) is 23.9. The highest BCUT2D eigenvalue weighted by molar-refractivity contribution is 7.99. The van der Waals surface area contributed by atoms with E-state index < -0.39 is 0 Å². The molecule has 1 aromatic carbocycles. The average molecular weight is 383 g/mol. The molecule has 9 heteroatoms. The van der Waals surface area contributed by atoms with Crippen LogP contribution in [0.5, 0.6) is 0 Å². The molecular weight excluding hydrogens is 364 g/mol. The zero-order valence-corrected chi connectivity index (χ0v) is 15.1. The number of thioether (sulfide) groups is 1. The van der Waals surface area contributed by atoms with E-state index in [-0.39, 0.29) is 23.5 Å². The zero-order valence-electron chi connectivity index (χ0n) is 13.5. The second kappa shape index (κ2) is 8.55. The fourth-order valence-electron chi connectivity index (χ4n) is 2.55. The fraction of sp³-hybridized carbons (Fsp3) is 0.438. The largest absolute Gasteiger partial charge is 0.376 e. The summed E-state index contributed by atoms with van der Waals surface area (Å²) in [5, 5.41) is 10.4. The normalized spacial score (nSPS) is 16.9. The summed E-state index contributed by atoms with van der Waals surface area (Å²) < 4.78 is 7.09. The van der Waals surface area contributed by atoms with Crippen molar-refractivity contribution in [1.82, 2.24) is 20.1 Å². The molecule has 1 aromatic heterocycles. The minimum absolute atomic E-state index is 0.0355. The molecule has 25 heavy (non-hydrogen) atoms. The highest BCUT2D eigenvalue weighted by Gasteiger charge is 2.20. The van der Waals surface area contributed by atoms with Crippen LogP contribution in [0.1, 0.15) is 18.4 Å². The number of nitrogens with one attached hydrogen (secondary N) is 2. The minimum Gasteiger partial charge on any atom is -0.376 e. The molecule has 1 atom stereocenters. The average Bonchev–Trinajstić information content (AvgIpc) is 3.24. The van der Waals surface area contributed by atoms with Crippen LogP contribution < -0.4 is 11.0 Å². The summed E-state index contributed by atoms with van der Waals surface area (Å²) in [5.74, 6) is 0.0581. The Labute approximate surface area is 154 Å². The third-order valence-corrected chi connectivity index (χ3v) is 5.10. The number of carbonyl (C=O) groups excluding carboxylic acids is 1. The van der Waals surface area contributed by atoms with E-state index in [0.29, 0.717) is 23.3 Å². The number of H-pyrrole nitrogens is 1. The molecule has 134 valence electrons. The second-order valence-corrected chi connectivity index (χ2v) is 7.13. The third-order valence-electron chi connectivity index (χ3n) is 3.87. The van der Waals surface area contributed by atoms with Crippen molar-refractivity contribution in [2.75, 3.05) is 12.4 Å². The molecule has 2 heterocycles. The predicted octanol–water partition coefficient (Wildman–Crippen LogP) is 1.81. The molecule has 0 unspecified atom stereocenters. The topological polar surface area (TPSA) is 89.0 Å². The van der Waals surface area contributed by atoms with E-state index in [1.165, 1.54) is 16.3 Å². The van der Waals surface area contributed by atoms with Gasteiger partial charge in [-0.25, -0.2) is 9.89 Å². The van der Waals surface area contributed by atoms with Crippen molar-refractivity contribution in [3.05, 3.63) is 45.3 Å². The Kier molecular flexibility index (Phi) is 6.17. The van der Waals surface area contributed by atoms with Crippen molar-refractivity contribution in [2.24, 2.45) is 0 Å². The van der Waals surface area contributed by atoms with Crippen LogP contribution in [0.3, 0.4) is 0 Å². The van der Waals surface area contributed by atoms with E-state index >= 15 is 0 Å². The van der Waals surface area contributed by atoms with Crippen LogP contribution in [0.2, 0.25) is 5.02 Å². The van der Waals surface area contributed by atoms with Crippen LogP contribution in [0.15, 0.2) is 34.2 Å². The van der Waals surface area contributed by atoms with Crippen molar-refractivity contribution in [1.29, 1.82) is 0 Å². The number of hydrogen-bond donors (Lipinski definition) is 2. The Bertz CT molecular complexity index is 768. The molecule has 3 rings (SSSR count). The lowest BCUT2D eigenvalue weighted by atomic mass is 10.2. The molecule has 2 aromatic rings. The number of amides is 1. The lowest BCUT2D eigenvalue weighted by Crippen LogP contribution is -2.26. The fourth-order valence-corrected chi connectivity index (χ4v) is 3.46. The maximum Gasteiger partial charge on any atom is 0.344 e. The van der Waals surface area contributed by atoms with Crippen LogP contribution >= 0.6 is 23.4 Å². The van der Waals surface area contributed by atoms with Crippen LogP contribution in [-0.4, -0.2) is 39.1 Å². The Morgan fingerprint density at radius 2 is 2.24 bits per heavy atom. The molecule has 0 spiro atoms. The molecular formula is C16H19ClN4O3S. The minimum atomic E-state index is -0.278. The number of carbonyl (C=O) groups is 1. The van der Waals surface area contributed by atoms with Gasteiger partial charge in [0.15, 0.2) is 5.16 Å². The molecule has 1 amide bonds. The van der Waals surface area contributed by atoms with Gasteiger partial charge in [-0.15, -0.1) is 5.10 Å². The first-order valence-corrected chi connectivity index (χ1v) is 9.39. The number of halogens is 1. The van der Waals surface area contributed by atoms with Crippen LogP contribution in [0.25, 0.3) is 0 Å².